The molecule has 2 heterocycles. The molecule has 4 rings (SSSR count). The molecule has 0 spiro atoms. The second-order valence-electron chi connectivity index (χ2n) is 9.32. The van der Waals surface area contributed by atoms with E-state index >= 15 is 0 Å². The second kappa shape index (κ2) is 13.4. The van der Waals surface area contributed by atoms with E-state index in [0.717, 1.165) is 29.7 Å². The first kappa shape index (κ1) is 26.9. The minimum atomic E-state index is -0.146. The lowest BCUT2D eigenvalue weighted by Gasteiger charge is -2.28. The molecule has 7 nitrogen and oxygen atoms in total. The fraction of sp³-hybridized carbons (Fsp3) is 0.323. The first-order chi connectivity index (χ1) is 18.6. The van der Waals surface area contributed by atoms with E-state index < -0.39 is 0 Å². The van der Waals surface area contributed by atoms with Crippen LogP contribution in [0.15, 0.2) is 79.3 Å². The number of ether oxygens (including phenoxy) is 1. The summed E-state index contributed by atoms with van der Waals surface area (Å²) in [6.45, 7) is 6.20. The Hall–Kier alpha value is -4.13. The van der Waals surface area contributed by atoms with Crippen LogP contribution >= 0.6 is 0 Å². The largest absolute Gasteiger partial charge is 0.494 e. The minimum Gasteiger partial charge on any atom is -0.494 e. The van der Waals surface area contributed by atoms with Gasteiger partial charge in [0.2, 0.25) is 5.91 Å². The van der Waals surface area contributed by atoms with Crippen LogP contribution < -0.4 is 4.74 Å². The van der Waals surface area contributed by atoms with Gasteiger partial charge in [0, 0.05) is 54.7 Å². The van der Waals surface area contributed by atoms with E-state index in [2.05, 4.69) is 29.0 Å². The fourth-order valence-electron chi connectivity index (χ4n) is 4.51. The number of para-hydroxylation sites is 1. The molecule has 2 aromatic heterocycles. The molecule has 0 aliphatic heterocycles. The molecule has 0 saturated heterocycles. The number of hydrogen-bond donors (Lipinski definition) is 1. The summed E-state index contributed by atoms with van der Waals surface area (Å²) in [6.07, 6.45) is 7.70. The van der Waals surface area contributed by atoms with Gasteiger partial charge in [-0.3, -0.25) is 14.6 Å². The van der Waals surface area contributed by atoms with Crippen molar-refractivity contribution in [3.63, 3.8) is 0 Å². The van der Waals surface area contributed by atoms with Gasteiger partial charge < -0.3 is 19.5 Å². The number of fused-ring (bicyclic) bond motifs is 1. The van der Waals surface area contributed by atoms with Gasteiger partial charge in [0.25, 0.3) is 5.91 Å². The van der Waals surface area contributed by atoms with Crippen LogP contribution in [0.4, 0.5) is 0 Å². The summed E-state index contributed by atoms with van der Waals surface area (Å²) >= 11 is 0. The Morgan fingerprint density at radius 1 is 0.921 bits per heavy atom. The Bertz CT molecular complexity index is 1320. The number of pyridine rings is 1. The summed E-state index contributed by atoms with van der Waals surface area (Å²) in [4.78, 5) is 37.9. The number of aromatic nitrogens is 2. The average Bonchev–Trinajstić information content (AvgIpc) is 3.37. The zero-order chi connectivity index (χ0) is 26.7. The number of benzene rings is 2. The number of rotatable bonds is 13. The molecule has 2 aromatic carbocycles. The smallest absolute Gasteiger partial charge is 0.254 e. The van der Waals surface area contributed by atoms with Crippen molar-refractivity contribution in [2.24, 2.45) is 0 Å². The Morgan fingerprint density at radius 2 is 1.68 bits per heavy atom. The van der Waals surface area contributed by atoms with E-state index in [4.69, 9.17) is 4.74 Å². The van der Waals surface area contributed by atoms with Gasteiger partial charge in [-0.05, 0) is 61.2 Å². The predicted molar refractivity (Wildman–Crippen MR) is 150 cm³/mol. The molecule has 0 aliphatic carbocycles. The van der Waals surface area contributed by atoms with Crippen molar-refractivity contribution >= 4 is 22.7 Å². The van der Waals surface area contributed by atoms with Gasteiger partial charge in [0.05, 0.1) is 6.61 Å². The Balaban J connectivity index is 1.53. The zero-order valence-electron chi connectivity index (χ0n) is 22.2. The van der Waals surface area contributed by atoms with Crippen molar-refractivity contribution in [2.75, 3.05) is 26.2 Å². The molecule has 0 aliphatic rings. The average molecular weight is 513 g/mol. The van der Waals surface area contributed by atoms with Crippen LogP contribution in [-0.2, 0) is 17.8 Å². The molecular weight excluding hydrogens is 476 g/mol. The van der Waals surface area contributed by atoms with Crippen molar-refractivity contribution in [3.8, 4) is 5.75 Å². The molecule has 7 heteroatoms. The highest BCUT2D eigenvalue weighted by Gasteiger charge is 2.23. The maximum Gasteiger partial charge on any atom is 0.254 e. The van der Waals surface area contributed by atoms with E-state index in [0.29, 0.717) is 38.2 Å². The number of amides is 2. The Morgan fingerprint density at radius 3 is 2.42 bits per heavy atom. The highest BCUT2D eigenvalue weighted by molar-refractivity contribution is 5.96. The number of unbranched alkanes of at least 4 members (excludes halogenated alkanes) is 1. The van der Waals surface area contributed by atoms with Gasteiger partial charge in [-0.25, -0.2) is 0 Å². The lowest BCUT2D eigenvalue weighted by Crippen LogP contribution is -2.43. The Labute approximate surface area is 224 Å². The summed E-state index contributed by atoms with van der Waals surface area (Å²) in [7, 11) is 0. The third-order valence-corrected chi connectivity index (χ3v) is 6.61. The molecule has 0 bridgehead atoms. The monoisotopic (exact) mass is 512 g/mol. The zero-order valence-corrected chi connectivity index (χ0v) is 22.2. The van der Waals surface area contributed by atoms with E-state index in [1.807, 2.05) is 54.4 Å². The van der Waals surface area contributed by atoms with Crippen LogP contribution in [0.1, 0.15) is 48.2 Å². The quantitative estimate of drug-likeness (QED) is 0.257. The number of hydrogen-bond acceptors (Lipinski definition) is 4. The minimum absolute atomic E-state index is 0.0338. The van der Waals surface area contributed by atoms with Crippen molar-refractivity contribution in [2.45, 2.75) is 39.7 Å². The number of aromatic amines is 1. The summed E-state index contributed by atoms with van der Waals surface area (Å²) in [5.74, 6) is 0.589. The van der Waals surface area contributed by atoms with Gasteiger partial charge in [-0.2, -0.15) is 0 Å². The number of H-pyrrole nitrogens is 1. The molecule has 0 radical (unpaired) electrons. The predicted octanol–water partition coefficient (Wildman–Crippen LogP) is 5.48. The summed E-state index contributed by atoms with van der Waals surface area (Å²) < 4.78 is 5.58. The standard InChI is InChI=1S/C31H36N4O3/c1-3-5-19-35(31(37)25-14-17-32-18-15-25)23-30(36)34(22-24-10-12-27(13-11-24)38-4-2)20-16-26-21-33-29-9-7-6-8-28(26)29/h6-15,17-18,21,33H,3-5,16,19-20,22-23H2,1-2H3. The van der Waals surface area contributed by atoms with Crippen LogP contribution in [0.5, 0.6) is 5.75 Å². The van der Waals surface area contributed by atoms with E-state index in [1.165, 1.54) is 10.9 Å². The van der Waals surface area contributed by atoms with Crippen molar-refractivity contribution in [1.29, 1.82) is 0 Å². The van der Waals surface area contributed by atoms with Gasteiger partial charge in [-0.15, -0.1) is 0 Å². The molecule has 38 heavy (non-hydrogen) atoms. The van der Waals surface area contributed by atoms with Crippen LogP contribution in [0.2, 0.25) is 0 Å². The lowest BCUT2D eigenvalue weighted by molar-refractivity contribution is -0.132. The van der Waals surface area contributed by atoms with Crippen LogP contribution in [0, 0.1) is 0 Å². The topological polar surface area (TPSA) is 78.5 Å². The second-order valence-corrected chi connectivity index (χ2v) is 9.32. The van der Waals surface area contributed by atoms with E-state index in [-0.39, 0.29) is 18.4 Å². The lowest BCUT2D eigenvalue weighted by atomic mass is 10.1. The normalized spacial score (nSPS) is 10.9. The van der Waals surface area contributed by atoms with Crippen LogP contribution in [0.25, 0.3) is 10.9 Å². The molecule has 198 valence electrons. The molecule has 2 amide bonds. The van der Waals surface area contributed by atoms with Gasteiger partial charge in [0.1, 0.15) is 12.3 Å². The highest BCUT2D eigenvalue weighted by atomic mass is 16.5. The molecule has 1 N–H and O–H groups in total. The SMILES string of the molecule is CCCCN(CC(=O)N(CCc1c[nH]c2ccccc12)Cc1ccc(OCC)cc1)C(=O)c1ccncc1. The highest BCUT2D eigenvalue weighted by Crippen LogP contribution is 2.20. The molecule has 0 fully saturated rings. The van der Waals surface area contributed by atoms with E-state index in [9.17, 15) is 9.59 Å². The number of carbonyl (C=O) groups is 2. The number of carbonyl (C=O) groups excluding carboxylic acids is 2. The first-order valence-corrected chi connectivity index (χ1v) is 13.3. The molecule has 4 aromatic rings. The van der Waals surface area contributed by atoms with Gasteiger partial charge >= 0.3 is 0 Å². The summed E-state index contributed by atoms with van der Waals surface area (Å²) in [6, 6.07) is 19.4. The van der Waals surface area contributed by atoms with E-state index in [1.54, 1.807) is 29.4 Å². The maximum absolute atomic E-state index is 13.7. The number of nitrogens with one attached hydrogen (secondary N) is 1. The maximum atomic E-state index is 13.7. The van der Waals surface area contributed by atoms with Crippen LogP contribution in [-0.4, -0.2) is 57.8 Å². The first-order valence-electron chi connectivity index (χ1n) is 13.3. The molecule has 0 unspecified atom stereocenters. The van der Waals surface area contributed by atoms with Gasteiger partial charge in [-0.1, -0.05) is 43.7 Å². The summed E-state index contributed by atoms with van der Waals surface area (Å²) in [5, 5.41) is 1.17. The molecule has 0 saturated carbocycles. The van der Waals surface area contributed by atoms with Gasteiger partial charge in [0.15, 0.2) is 0 Å². The number of nitrogens with zero attached hydrogens (tertiary/aromatic N) is 3. The van der Waals surface area contributed by atoms with Crippen molar-refractivity contribution in [3.05, 3.63) is 95.9 Å². The van der Waals surface area contributed by atoms with Crippen molar-refractivity contribution in [1.82, 2.24) is 19.8 Å². The Kier molecular flexibility index (Phi) is 9.51. The van der Waals surface area contributed by atoms with Crippen molar-refractivity contribution < 1.29 is 14.3 Å². The third-order valence-electron chi connectivity index (χ3n) is 6.61. The molecule has 0 atom stereocenters. The molecular formula is C31H36N4O3. The third kappa shape index (κ3) is 7.00. The van der Waals surface area contributed by atoms with Crippen LogP contribution in [0.3, 0.4) is 0 Å². The summed E-state index contributed by atoms with van der Waals surface area (Å²) in [5.41, 5.74) is 3.81. The fourth-order valence-corrected chi connectivity index (χ4v) is 4.51.